The lowest BCUT2D eigenvalue weighted by Crippen LogP contribution is -2.41. The highest BCUT2D eigenvalue weighted by molar-refractivity contribution is 5.83. The van der Waals surface area contributed by atoms with Gasteiger partial charge in [0, 0.05) is 43.0 Å². The second-order valence-corrected chi connectivity index (χ2v) is 6.12. The Kier molecular flexibility index (Phi) is 4.40. The number of methoxy groups -OCH3 is 1. The van der Waals surface area contributed by atoms with Crippen LogP contribution in [0, 0.1) is 0 Å². The number of fused-ring (bicyclic) bond motifs is 1. The van der Waals surface area contributed by atoms with E-state index in [-0.39, 0.29) is 5.91 Å². The van der Waals surface area contributed by atoms with Crippen LogP contribution in [0.3, 0.4) is 0 Å². The molecule has 0 saturated heterocycles. The summed E-state index contributed by atoms with van der Waals surface area (Å²) in [5.74, 6) is 0.679. The Labute approximate surface area is 150 Å². The van der Waals surface area contributed by atoms with Crippen LogP contribution in [-0.4, -0.2) is 39.3 Å². The maximum atomic E-state index is 12.5. The zero-order valence-electron chi connectivity index (χ0n) is 14.4. The number of hydrogen-bond acceptors (Lipinski definition) is 5. The van der Waals surface area contributed by atoms with Gasteiger partial charge in [0.1, 0.15) is 11.8 Å². The fourth-order valence-corrected chi connectivity index (χ4v) is 3.07. The fourth-order valence-electron chi connectivity index (χ4n) is 3.07. The van der Waals surface area contributed by atoms with E-state index in [2.05, 4.69) is 25.7 Å². The van der Waals surface area contributed by atoms with E-state index in [9.17, 15) is 4.79 Å². The van der Waals surface area contributed by atoms with Crippen LogP contribution in [0.2, 0.25) is 0 Å². The Morgan fingerprint density at radius 1 is 1.46 bits per heavy atom. The summed E-state index contributed by atoms with van der Waals surface area (Å²) < 4.78 is 7.00. The number of hydrogen-bond donors (Lipinski definition) is 3. The summed E-state index contributed by atoms with van der Waals surface area (Å²) in [5, 5.41) is 10.5. The number of aromatic amines is 1. The van der Waals surface area contributed by atoms with E-state index in [1.165, 1.54) is 0 Å². The van der Waals surface area contributed by atoms with E-state index in [1.807, 2.05) is 30.5 Å². The van der Waals surface area contributed by atoms with E-state index in [4.69, 9.17) is 4.74 Å². The topological polar surface area (TPSA) is 96.9 Å². The third-order valence-electron chi connectivity index (χ3n) is 4.43. The van der Waals surface area contributed by atoms with Crippen LogP contribution in [-0.2, 0) is 17.8 Å². The molecule has 0 unspecified atom stereocenters. The minimum Gasteiger partial charge on any atom is -0.497 e. The van der Waals surface area contributed by atoms with Crippen molar-refractivity contribution in [3.8, 4) is 11.4 Å². The van der Waals surface area contributed by atoms with Gasteiger partial charge in [-0.05, 0) is 12.1 Å². The first-order chi connectivity index (χ1) is 12.7. The lowest BCUT2D eigenvalue weighted by Gasteiger charge is -2.22. The highest BCUT2D eigenvalue weighted by atomic mass is 16.5. The van der Waals surface area contributed by atoms with Crippen LogP contribution in [0.15, 0.2) is 43.0 Å². The molecular weight excluding hydrogens is 332 g/mol. The molecule has 0 bridgehead atoms. The van der Waals surface area contributed by atoms with Crippen molar-refractivity contribution in [2.75, 3.05) is 13.7 Å². The maximum Gasteiger partial charge on any atom is 0.243 e. The van der Waals surface area contributed by atoms with Gasteiger partial charge in [-0.1, -0.05) is 6.07 Å². The molecule has 3 heterocycles. The number of benzene rings is 1. The second kappa shape index (κ2) is 7.01. The molecular formula is C18H20N6O2. The van der Waals surface area contributed by atoms with Gasteiger partial charge in [-0.25, -0.2) is 9.67 Å². The molecule has 3 aromatic rings. The molecule has 2 aromatic heterocycles. The SMILES string of the molecule is COc1cccc(-n2cc(CNC(=O)[C@@H]3NCCc4[nH]cnc43)cn2)c1. The van der Waals surface area contributed by atoms with E-state index >= 15 is 0 Å². The molecule has 4 rings (SSSR count). The Bertz CT molecular complexity index is 916. The smallest absolute Gasteiger partial charge is 0.243 e. The van der Waals surface area contributed by atoms with E-state index < -0.39 is 6.04 Å². The quantitative estimate of drug-likeness (QED) is 0.639. The molecule has 1 aliphatic rings. The average Bonchev–Trinajstić information content (AvgIpc) is 3.35. The molecule has 0 saturated carbocycles. The minimum absolute atomic E-state index is 0.0906. The van der Waals surface area contributed by atoms with Crippen molar-refractivity contribution in [3.05, 3.63) is 59.9 Å². The summed E-state index contributed by atoms with van der Waals surface area (Å²) in [4.78, 5) is 19.9. The van der Waals surface area contributed by atoms with Gasteiger partial charge in [0.2, 0.25) is 5.91 Å². The molecule has 1 atom stereocenters. The number of amides is 1. The van der Waals surface area contributed by atoms with Crippen molar-refractivity contribution >= 4 is 5.91 Å². The first-order valence-corrected chi connectivity index (χ1v) is 8.46. The predicted molar refractivity (Wildman–Crippen MR) is 95.0 cm³/mol. The Morgan fingerprint density at radius 2 is 2.38 bits per heavy atom. The number of H-pyrrole nitrogens is 1. The molecule has 1 amide bonds. The molecule has 3 N–H and O–H groups in total. The molecule has 8 heteroatoms. The van der Waals surface area contributed by atoms with Crippen LogP contribution >= 0.6 is 0 Å². The number of ether oxygens (including phenoxy) is 1. The Balaban J connectivity index is 1.41. The van der Waals surface area contributed by atoms with Crippen LogP contribution in [0.4, 0.5) is 0 Å². The molecule has 0 fully saturated rings. The predicted octanol–water partition coefficient (Wildman–Crippen LogP) is 1.11. The van der Waals surface area contributed by atoms with Gasteiger partial charge < -0.3 is 20.4 Å². The highest BCUT2D eigenvalue weighted by Crippen LogP contribution is 2.19. The third kappa shape index (κ3) is 3.18. The van der Waals surface area contributed by atoms with Gasteiger partial charge in [0.15, 0.2) is 0 Å². The lowest BCUT2D eigenvalue weighted by molar-refractivity contribution is -0.123. The number of imidazole rings is 1. The Hall–Kier alpha value is -3.13. The van der Waals surface area contributed by atoms with E-state index in [0.717, 1.165) is 41.4 Å². The summed E-state index contributed by atoms with van der Waals surface area (Å²) in [6, 6.07) is 7.23. The highest BCUT2D eigenvalue weighted by Gasteiger charge is 2.28. The van der Waals surface area contributed by atoms with Gasteiger partial charge in [-0.2, -0.15) is 5.10 Å². The van der Waals surface area contributed by atoms with Crippen molar-refractivity contribution in [1.82, 2.24) is 30.4 Å². The van der Waals surface area contributed by atoms with Gasteiger partial charge in [0.05, 0.1) is 31.0 Å². The molecule has 1 aromatic carbocycles. The van der Waals surface area contributed by atoms with Crippen LogP contribution < -0.4 is 15.4 Å². The van der Waals surface area contributed by atoms with Crippen molar-refractivity contribution in [3.63, 3.8) is 0 Å². The van der Waals surface area contributed by atoms with Gasteiger partial charge in [-0.15, -0.1) is 0 Å². The molecule has 134 valence electrons. The first kappa shape index (κ1) is 16.3. The van der Waals surface area contributed by atoms with Gasteiger partial charge in [-0.3, -0.25) is 4.79 Å². The number of nitrogens with one attached hydrogen (secondary N) is 3. The van der Waals surface area contributed by atoms with Gasteiger partial charge in [0.25, 0.3) is 0 Å². The largest absolute Gasteiger partial charge is 0.497 e. The van der Waals surface area contributed by atoms with E-state index in [1.54, 1.807) is 24.3 Å². The Morgan fingerprint density at radius 3 is 3.27 bits per heavy atom. The number of aromatic nitrogens is 4. The normalized spacial score (nSPS) is 16.1. The molecule has 0 aliphatic carbocycles. The van der Waals surface area contributed by atoms with Crippen LogP contribution in [0.1, 0.15) is 23.0 Å². The lowest BCUT2D eigenvalue weighted by atomic mass is 10.1. The van der Waals surface area contributed by atoms with Gasteiger partial charge >= 0.3 is 0 Å². The molecule has 8 nitrogen and oxygen atoms in total. The zero-order valence-corrected chi connectivity index (χ0v) is 14.4. The summed E-state index contributed by atoms with van der Waals surface area (Å²) in [5.41, 5.74) is 3.62. The zero-order chi connectivity index (χ0) is 17.9. The minimum atomic E-state index is -0.418. The first-order valence-electron chi connectivity index (χ1n) is 8.46. The third-order valence-corrected chi connectivity index (χ3v) is 4.43. The summed E-state index contributed by atoms with van der Waals surface area (Å²) in [6.45, 7) is 1.15. The van der Waals surface area contributed by atoms with Crippen LogP contribution in [0.5, 0.6) is 5.75 Å². The summed E-state index contributed by atoms with van der Waals surface area (Å²) in [7, 11) is 1.63. The molecule has 0 spiro atoms. The molecule has 26 heavy (non-hydrogen) atoms. The summed E-state index contributed by atoms with van der Waals surface area (Å²) >= 11 is 0. The molecule has 0 radical (unpaired) electrons. The van der Waals surface area contributed by atoms with Crippen molar-refractivity contribution < 1.29 is 9.53 Å². The summed E-state index contributed by atoms with van der Waals surface area (Å²) in [6.07, 6.45) is 6.12. The monoisotopic (exact) mass is 352 g/mol. The maximum absolute atomic E-state index is 12.5. The number of carbonyl (C=O) groups excluding carboxylic acids is 1. The number of rotatable bonds is 5. The molecule has 1 aliphatic heterocycles. The van der Waals surface area contributed by atoms with Crippen molar-refractivity contribution in [1.29, 1.82) is 0 Å². The van der Waals surface area contributed by atoms with Crippen molar-refractivity contribution in [2.45, 2.75) is 19.0 Å². The van der Waals surface area contributed by atoms with Crippen LogP contribution in [0.25, 0.3) is 5.69 Å². The van der Waals surface area contributed by atoms with E-state index in [0.29, 0.717) is 6.54 Å². The standard InChI is InChI=1S/C18H20N6O2/c1-26-14-4-2-3-13(7-14)24-10-12(9-23-24)8-20-18(25)17-16-15(5-6-19-17)21-11-22-16/h2-4,7,9-11,17,19H,5-6,8H2,1H3,(H,20,25)(H,21,22)/t17-/m1/s1. The number of carbonyl (C=O) groups is 1. The second-order valence-electron chi connectivity index (χ2n) is 6.12. The van der Waals surface area contributed by atoms with Crippen molar-refractivity contribution in [2.24, 2.45) is 0 Å². The number of nitrogens with zero attached hydrogens (tertiary/aromatic N) is 3. The fraction of sp³-hybridized carbons (Fsp3) is 0.278. The average molecular weight is 352 g/mol.